The molecule has 0 fully saturated rings. The molecule has 0 N–H and O–H groups in total. The van der Waals surface area contributed by atoms with Crippen molar-refractivity contribution in [3.05, 3.63) is 35.1 Å². The monoisotopic (exact) mass is 289 g/mol. The Morgan fingerprint density at radius 3 is 1.83 bits per heavy atom. The van der Waals surface area contributed by atoms with E-state index in [-0.39, 0.29) is 17.0 Å². The summed E-state index contributed by atoms with van der Waals surface area (Å²) in [5.41, 5.74) is 0.515. The van der Waals surface area contributed by atoms with Crippen LogP contribution in [0.1, 0.15) is 5.56 Å². The van der Waals surface area contributed by atoms with Gasteiger partial charge in [-0.2, -0.15) is 0 Å². The van der Waals surface area contributed by atoms with Crippen LogP contribution in [0, 0.1) is 17.5 Å². The minimum atomic E-state index is -1.39. The van der Waals surface area contributed by atoms with Crippen molar-refractivity contribution in [3.63, 3.8) is 0 Å². The molecule has 0 radical (unpaired) electrons. The summed E-state index contributed by atoms with van der Waals surface area (Å²) in [6, 6.07) is 2.06. The zero-order valence-electron chi connectivity index (χ0n) is 6.11. The van der Waals surface area contributed by atoms with Gasteiger partial charge in [0.05, 0.1) is 0 Å². The first kappa shape index (κ1) is 12.1. The minimum absolute atomic E-state index is 0. The van der Waals surface area contributed by atoms with Gasteiger partial charge in [0, 0.05) is 0 Å². The average Bonchev–Trinajstić information content (AvgIpc) is 1.99. The molecule has 12 heavy (non-hydrogen) atoms. The van der Waals surface area contributed by atoms with E-state index in [1.54, 1.807) is 0 Å². The van der Waals surface area contributed by atoms with E-state index >= 15 is 0 Å². The maximum atomic E-state index is 12.4. The molecule has 0 unspecified atom stereocenters. The standard InChI is InChI=1S/C7H4F3.BrH.Zn/c1-4-2-5(8)7(10)6(9)3-4;;/h2-3H,1H2;1H;. The molecule has 0 aromatic heterocycles. The van der Waals surface area contributed by atoms with E-state index in [0.29, 0.717) is 10.6 Å². The van der Waals surface area contributed by atoms with Crippen LogP contribution < -0.4 is 0 Å². The molecule has 0 saturated carbocycles. The summed E-state index contributed by atoms with van der Waals surface area (Å²) in [5, 5.41) is 0.619. The molecule has 0 aliphatic rings. The Kier molecular flexibility index (Phi) is 5.02. The van der Waals surface area contributed by atoms with Crippen LogP contribution in [0.25, 0.3) is 0 Å². The Morgan fingerprint density at radius 1 is 1.08 bits per heavy atom. The average molecular weight is 291 g/mol. The van der Waals surface area contributed by atoms with Crippen LogP contribution in [-0.4, -0.2) is 0 Å². The van der Waals surface area contributed by atoms with Crippen LogP contribution in [0.5, 0.6) is 0 Å². The van der Waals surface area contributed by atoms with Gasteiger partial charge >= 0.3 is 71.6 Å². The molecule has 0 nitrogen and oxygen atoms in total. The molecule has 0 atom stereocenters. The SMILES string of the molecule is Br.Fc1cc([CH2][Zn])cc(F)c1F. The Balaban J connectivity index is 0.00000121. The second-order valence-corrected chi connectivity index (χ2v) is 3.17. The summed E-state index contributed by atoms with van der Waals surface area (Å²) in [5.74, 6) is -3.59. The van der Waals surface area contributed by atoms with Crippen LogP contribution in [0.15, 0.2) is 12.1 Å². The van der Waals surface area contributed by atoms with Gasteiger partial charge in [-0.1, -0.05) is 0 Å². The molecule has 1 aromatic carbocycles. The van der Waals surface area contributed by atoms with Gasteiger partial charge in [-0.05, 0) is 0 Å². The quantitative estimate of drug-likeness (QED) is 0.551. The normalized spacial score (nSPS) is 9.42. The van der Waals surface area contributed by atoms with Crippen LogP contribution in [0.4, 0.5) is 13.2 Å². The van der Waals surface area contributed by atoms with E-state index in [1.165, 1.54) is 0 Å². The fourth-order valence-corrected chi connectivity index (χ4v) is 1.36. The zero-order valence-corrected chi connectivity index (χ0v) is 10.8. The number of hydrogen-bond acceptors (Lipinski definition) is 0. The van der Waals surface area contributed by atoms with Crippen molar-refractivity contribution in [1.29, 1.82) is 0 Å². The molecule has 0 bridgehead atoms. The summed E-state index contributed by atoms with van der Waals surface area (Å²) >= 11 is 0.907. The van der Waals surface area contributed by atoms with E-state index in [4.69, 9.17) is 0 Å². The van der Waals surface area contributed by atoms with Crippen molar-refractivity contribution in [1.82, 2.24) is 0 Å². The van der Waals surface area contributed by atoms with E-state index in [1.807, 2.05) is 0 Å². The van der Waals surface area contributed by atoms with Gasteiger partial charge in [0.1, 0.15) is 0 Å². The second kappa shape index (κ2) is 4.98. The van der Waals surface area contributed by atoms with Gasteiger partial charge in [0.15, 0.2) is 0 Å². The molecule has 0 spiro atoms. The van der Waals surface area contributed by atoms with E-state index in [2.05, 4.69) is 0 Å². The van der Waals surface area contributed by atoms with Crippen molar-refractivity contribution >= 4 is 17.0 Å². The van der Waals surface area contributed by atoms with Crippen molar-refractivity contribution < 1.29 is 31.5 Å². The van der Waals surface area contributed by atoms with Gasteiger partial charge in [0.2, 0.25) is 0 Å². The third-order valence-corrected chi connectivity index (χ3v) is 2.54. The first-order chi connectivity index (χ1) is 5.15. The zero-order chi connectivity index (χ0) is 8.43. The first-order valence-electron chi connectivity index (χ1n) is 3.08. The molecule has 0 saturated heterocycles. The van der Waals surface area contributed by atoms with Gasteiger partial charge in [-0.3, -0.25) is 0 Å². The third-order valence-electron chi connectivity index (χ3n) is 1.33. The van der Waals surface area contributed by atoms with Gasteiger partial charge in [0.25, 0.3) is 0 Å². The predicted octanol–water partition coefficient (Wildman–Crippen LogP) is 2.73. The Hall–Kier alpha value is 0.113. The van der Waals surface area contributed by atoms with Crippen LogP contribution in [0.3, 0.4) is 0 Å². The molecule has 1 rings (SSSR count). The fourth-order valence-electron chi connectivity index (χ4n) is 0.752. The fraction of sp³-hybridized carbons (Fsp3) is 0.143. The molecule has 0 aliphatic heterocycles. The van der Waals surface area contributed by atoms with Crippen molar-refractivity contribution in [2.24, 2.45) is 0 Å². The Morgan fingerprint density at radius 2 is 1.50 bits per heavy atom. The number of rotatable bonds is 1. The first-order valence-corrected chi connectivity index (χ1v) is 5.17. The van der Waals surface area contributed by atoms with Crippen LogP contribution >= 0.6 is 17.0 Å². The van der Waals surface area contributed by atoms with Crippen LogP contribution in [0.2, 0.25) is 0 Å². The van der Waals surface area contributed by atoms with E-state index in [0.717, 1.165) is 30.4 Å². The second-order valence-electron chi connectivity index (χ2n) is 2.12. The Labute approximate surface area is 88.6 Å². The summed E-state index contributed by atoms with van der Waals surface area (Å²) in [7, 11) is 0. The number of halogens is 4. The van der Waals surface area contributed by atoms with Crippen molar-refractivity contribution in [2.75, 3.05) is 0 Å². The third kappa shape index (κ3) is 2.56. The predicted molar refractivity (Wildman–Crippen MR) is 40.3 cm³/mol. The van der Waals surface area contributed by atoms with E-state index in [9.17, 15) is 13.2 Å². The molecule has 63 valence electrons. The van der Waals surface area contributed by atoms with Crippen molar-refractivity contribution in [3.8, 4) is 0 Å². The Bertz CT molecular complexity index is 254. The molecular formula is C7H5BrF3Zn. The van der Waals surface area contributed by atoms with Gasteiger partial charge in [-0.15, -0.1) is 17.0 Å². The number of hydrogen-bond donors (Lipinski definition) is 0. The topological polar surface area (TPSA) is 0 Å². The van der Waals surface area contributed by atoms with Crippen molar-refractivity contribution in [2.45, 2.75) is 5.02 Å². The van der Waals surface area contributed by atoms with Gasteiger partial charge < -0.3 is 0 Å². The molecule has 0 heterocycles. The summed E-state index contributed by atoms with van der Waals surface area (Å²) < 4.78 is 37.2. The summed E-state index contributed by atoms with van der Waals surface area (Å²) in [6.07, 6.45) is 0. The summed E-state index contributed by atoms with van der Waals surface area (Å²) in [4.78, 5) is 0. The molecule has 0 amide bonds. The summed E-state index contributed by atoms with van der Waals surface area (Å²) in [6.45, 7) is 0. The van der Waals surface area contributed by atoms with Gasteiger partial charge in [-0.25, -0.2) is 0 Å². The molecule has 1 aromatic rings. The molecule has 0 aliphatic carbocycles. The molecule has 5 heteroatoms. The van der Waals surface area contributed by atoms with Crippen LogP contribution in [-0.2, 0) is 23.3 Å². The van der Waals surface area contributed by atoms with E-state index < -0.39 is 17.5 Å². The maximum absolute atomic E-state index is 12.4. The molecular weight excluding hydrogens is 286 g/mol. The number of benzene rings is 1.